The first-order valence-corrected chi connectivity index (χ1v) is 7.98. The van der Waals surface area contributed by atoms with Crippen LogP contribution in [0.5, 0.6) is 5.75 Å². The van der Waals surface area contributed by atoms with Gasteiger partial charge in [-0.15, -0.1) is 11.6 Å². The van der Waals surface area contributed by atoms with Crippen LogP contribution >= 0.6 is 27.5 Å². The van der Waals surface area contributed by atoms with Gasteiger partial charge in [0.2, 0.25) is 0 Å². The van der Waals surface area contributed by atoms with Crippen molar-refractivity contribution < 1.29 is 9.13 Å². The highest BCUT2D eigenvalue weighted by molar-refractivity contribution is 9.10. The minimum absolute atomic E-state index is 0.0119. The Labute approximate surface area is 137 Å². The van der Waals surface area contributed by atoms with Gasteiger partial charge in [-0.25, -0.2) is 4.39 Å². The molecule has 21 heavy (non-hydrogen) atoms. The minimum atomic E-state index is -0.332. The van der Waals surface area contributed by atoms with Crippen molar-refractivity contribution in [3.8, 4) is 5.75 Å². The number of alkyl halides is 1. The summed E-state index contributed by atoms with van der Waals surface area (Å²) >= 11 is 9.97. The van der Waals surface area contributed by atoms with E-state index >= 15 is 0 Å². The second-order valence-electron chi connectivity index (χ2n) is 5.96. The molecule has 1 atom stereocenters. The molecule has 1 unspecified atom stereocenters. The Morgan fingerprint density at radius 1 is 1.24 bits per heavy atom. The molecule has 0 radical (unpaired) electrons. The molecule has 0 fully saturated rings. The highest BCUT2D eigenvalue weighted by atomic mass is 79.9. The fraction of sp³-hybridized carbons (Fsp3) is 0.294. The van der Waals surface area contributed by atoms with Gasteiger partial charge in [-0.3, -0.25) is 0 Å². The molecule has 0 bridgehead atoms. The summed E-state index contributed by atoms with van der Waals surface area (Å²) in [5.74, 6) is 0.642. The van der Waals surface area contributed by atoms with Crippen LogP contribution in [-0.4, -0.2) is 6.61 Å². The van der Waals surface area contributed by atoms with Crippen molar-refractivity contribution in [2.75, 3.05) is 6.61 Å². The van der Waals surface area contributed by atoms with Gasteiger partial charge in [0.05, 0.1) is 12.0 Å². The van der Waals surface area contributed by atoms with Crippen LogP contribution < -0.4 is 4.74 Å². The number of benzene rings is 2. The molecule has 3 rings (SSSR count). The van der Waals surface area contributed by atoms with E-state index in [0.717, 1.165) is 16.9 Å². The Kier molecular flexibility index (Phi) is 3.74. The summed E-state index contributed by atoms with van der Waals surface area (Å²) in [5.41, 5.74) is 3.00. The van der Waals surface area contributed by atoms with Gasteiger partial charge in [-0.2, -0.15) is 0 Å². The summed E-state index contributed by atoms with van der Waals surface area (Å²) in [4.78, 5) is 0. The second-order valence-corrected chi connectivity index (χ2v) is 7.25. The average Bonchev–Trinajstić information content (AvgIpc) is 2.74. The van der Waals surface area contributed by atoms with Crippen molar-refractivity contribution in [2.45, 2.75) is 24.6 Å². The van der Waals surface area contributed by atoms with Crippen LogP contribution in [0.1, 0.15) is 35.9 Å². The molecule has 0 spiro atoms. The summed E-state index contributed by atoms with van der Waals surface area (Å²) in [6.07, 6.45) is 0. The van der Waals surface area contributed by atoms with E-state index in [2.05, 4.69) is 35.8 Å². The summed E-state index contributed by atoms with van der Waals surface area (Å²) in [6, 6.07) is 10.6. The van der Waals surface area contributed by atoms with Gasteiger partial charge in [0.25, 0.3) is 0 Å². The van der Waals surface area contributed by atoms with Crippen LogP contribution in [0.15, 0.2) is 40.9 Å². The number of rotatable bonds is 2. The van der Waals surface area contributed by atoms with Crippen molar-refractivity contribution in [2.24, 2.45) is 0 Å². The fourth-order valence-electron chi connectivity index (χ4n) is 2.58. The van der Waals surface area contributed by atoms with Crippen molar-refractivity contribution in [1.82, 2.24) is 0 Å². The molecule has 0 saturated carbocycles. The maximum Gasteiger partial charge on any atom is 0.124 e. The molecule has 1 aliphatic rings. The Bertz CT molecular complexity index is 699. The first-order chi connectivity index (χ1) is 9.88. The van der Waals surface area contributed by atoms with E-state index in [1.54, 1.807) is 6.07 Å². The maximum absolute atomic E-state index is 13.2. The Hall–Kier alpha value is -1.06. The molecule has 1 heterocycles. The average molecular weight is 370 g/mol. The quantitative estimate of drug-likeness (QED) is 0.627. The Morgan fingerprint density at radius 3 is 2.71 bits per heavy atom. The third-order valence-corrected chi connectivity index (χ3v) is 5.02. The van der Waals surface area contributed by atoms with Gasteiger partial charge in [0.1, 0.15) is 11.6 Å². The lowest BCUT2D eigenvalue weighted by molar-refractivity contribution is 0.291. The molecular formula is C17H15BrClFO. The molecule has 110 valence electrons. The summed E-state index contributed by atoms with van der Waals surface area (Å²) < 4.78 is 19.6. The van der Waals surface area contributed by atoms with Crippen molar-refractivity contribution >= 4 is 27.5 Å². The molecule has 2 aromatic rings. The minimum Gasteiger partial charge on any atom is -0.492 e. The lowest BCUT2D eigenvalue weighted by Crippen LogP contribution is -2.18. The van der Waals surface area contributed by atoms with Gasteiger partial charge in [0.15, 0.2) is 0 Å². The largest absolute Gasteiger partial charge is 0.492 e. The lowest BCUT2D eigenvalue weighted by atomic mass is 9.85. The predicted molar refractivity (Wildman–Crippen MR) is 86.8 cm³/mol. The van der Waals surface area contributed by atoms with Crippen LogP contribution in [0, 0.1) is 5.82 Å². The van der Waals surface area contributed by atoms with E-state index in [1.165, 1.54) is 17.7 Å². The zero-order valence-corrected chi connectivity index (χ0v) is 14.1. The molecule has 0 aliphatic carbocycles. The van der Waals surface area contributed by atoms with Gasteiger partial charge < -0.3 is 4.74 Å². The molecule has 2 aromatic carbocycles. The molecule has 0 N–H and O–H groups in total. The highest BCUT2D eigenvalue weighted by Crippen LogP contribution is 2.42. The third kappa shape index (κ3) is 2.69. The first-order valence-electron chi connectivity index (χ1n) is 6.75. The highest BCUT2D eigenvalue weighted by Gasteiger charge is 2.32. The summed E-state index contributed by atoms with van der Waals surface area (Å²) in [5, 5.41) is -0.332. The number of hydrogen-bond donors (Lipinski definition) is 0. The van der Waals surface area contributed by atoms with Crippen LogP contribution in [-0.2, 0) is 5.41 Å². The topological polar surface area (TPSA) is 9.23 Å². The molecule has 0 amide bonds. The van der Waals surface area contributed by atoms with E-state index in [9.17, 15) is 4.39 Å². The standard InChI is InChI=1S/C17H15BrClFO/c1-17(2)9-21-15-6-3-10(7-13(15)17)16(19)12-5-4-11(20)8-14(12)18/h3-8,16H,9H2,1-2H3. The van der Waals surface area contributed by atoms with Crippen molar-refractivity contribution in [3.63, 3.8) is 0 Å². The molecular weight excluding hydrogens is 355 g/mol. The van der Waals surface area contributed by atoms with Crippen molar-refractivity contribution in [3.05, 3.63) is 63.4 Å². The van der Waals surface area contributed by atoms with Gasteiger partial charge in [-0.05, 0) is 35.4 Å². The zero-order chi connectivity index (χ0) is 15.2. The zero-order valence-electron chi connectivity index (χ0n) is 11.8. The van der Waals surface area contributed by atoms with E-state index in [0.29, 0.717) is 11.1 Å². The Morgan fingerprint density at radius 2 is 2.00 bits per heavy atom. The number of halogens is 3. The fourth-order valence-corrected chi connectivity index (χ4v) is 3.62. The number of hydrogen-bond acceptors (Lipinski definition) is 1. The summed E-state index contributed by atoms with van der Waals surface area (Å²) in [6.45, 7) is 4.98. The Balaban J connectivity index is 2.01. The van der Waals surface area contributed by atoms with E-state index in [-0.39, 0.29) is 16.6 Å². The second kappa shape index (κ2) is 5.29. The lowest BCUT2D eigenvalue weighted by Gasteiger charge is -2.18. The van der Waals surface area contributed by atoms with Gasteiger partial charge in [-0.1, -0.05) is 41.9 Å². The van der Waals surface area contributed by atoms with Crippen molar-refractivity contribution in [1.29, 1.82) is 0 Å². The van der Waals surface area contributed by atoms with Crippen LogP contribution in [0.4, 0.5) is 4.39 Å². The monoisotopic (exact) mass is 368 g/mol. The predicted octanol–water partition coefficient (Wildman–Crippen LogP) is 5.59. The normalized spacial score (nSPS) is 17.2. The van der Waals surface area contributed by atoms with Gasteiger partial charge >= 0.3 is 0 Å². The number of fused-ring (bicyclic) bond motifs is 1. The van der Waals surface area contributed by atoms with Crippen LogP contribution in [0.3, 0.4) is 0 Å². The molecule has 0 saturated heterocycles. The molecule has 4 heteroatoms. The van der Waals surface area contributed by atoms with E-state index in [1.807, 2.05) is 12.1 Å². The van der Waals surface area contributed by atoms with Gasteiger partial charge in [0, 0.05) is 15.5 Å². The summed E-state index contributed by atoms with van der Waals surface area (Å²) in [7, 11) is 0. The molecule has 1 aliphatic heterocycles. The van der Waals surface area contributed by atoms with E-state index in [4.69, 9.17) is 16.3 Å². The third-order valence-electron chi connectivity index (χ3n) is 3.85. The molecule has 0 aromatic heterocycles. The molecule has 1 nitrogen and oxygen atoms in total. The number of ether oxygens (including phenoxy) is 1. The first kappa shape index (κ1) is 14.9. The smallest absolute Gasteiger partial charge is 0.124 e. The van der Waals surface area contributed by atoms with Crippen LogP contribution in [0.2, 0.25) is 0 Å². The van der Waals surface area contributed by atoms with Crippen LogP contribution in [0.25, 0.3) is 0 Å². The maximum atomic E-state index is 13.2. The van der Waals surface area contributed by atoms with E-state index < -0.39 is 0 Å². The SMILES string of the molecule is CC1(C)COc2ccc(C(Cl)c3ccc(F)cc3Br)cc21.